The number of aromatic nitrogens is 3. The Morgan fingerprint density at radius 3 is 2.56 bits per heavy atom. The van der Waals surface area contributed by atoms with Crippen molar-refractivity contribution >= 4 is 33.8 Å². The van der Waals surface area contributed by atoms with E-state index in [1.165, 1.54) is 0 Å². The Balaban J connectivity index is 1.35. The van der Waals surface area contributed by atoms with Crippen LogP contribution in [0.4, 0.5) is 17.3 Å². The average Bonchev–Trinajstić information content (AvgIpc) is 3.27. The Morgan fingerprint density at radius 2 is 1.82 bits per heavy atom. The number of β-amino-alcohol motifs (C(OH)–C–C–N with tert-alkyl or cyclic N) is 1. The molecule has 0 radical (unpaired) electrons. The molecule has 9 heteroatoms. The molecule has 1 aliphatic heterocycles. The molecule has 0 amide bonds. The van der Waals surface area contributed by atoms with Crippen molar-refractivity contribution in [1.29, 1.82) is 0 Å². The predicted molar refractivity (Wildman–Crippen MR) is 136 cm³/mol. The Kier molecular flexibility index (Phi) is 6.57. The maximum Gasteiger partial charge on any atom is 0.247 e. The molecule has 1 atom stereocenters. The zero-order valence-electron chi connectivity index (χ0n) is 19.1. The van der Waals surface area contributed by atoms with Crippen molar-refractivity contribution in [3.63, 3.8) is 0 Å². The number of nitrogens with zero attached hydrogens (tertiary/aromatic N) is 5. The van der Waals surface area contributed by atoms with Gasteiger partial charge in [0.2, 0.25) is 5.95 Å². The molecule has 2 aromatic carbocycles. The van der Waals surface area contributed by atoms with Crippen LogP contribution in [0.25, 0.3) is 16.8 Å². The number of hydrogen-bond donors (Lipinski definition) is 2. The molecule has 1 fully saturated rings. The molecular formula is C25H28N6O2S. The second kappa shape index (κ2) is 9.92. The van der Waals surface area contributed by atoms with Crippen molar-refractivity contribution in [2.24, 2.45) is 0 Å². The number of piperazine rings is 1. The molecule has 0 aliphatic carbocycles. The maximum absolute atomic E-state index is 11.7. The second-order valence-corrected chi connectivity index (χ2v) is 9.71. The first-order chi connectivity index (χ1) is 16.6. The minimum absolute atomic E-state index is 0.206. The van der Waals surface area contributed by atoms with Gasteiger partial charge in [0.1, 0.15) is 0 Å². The van der Waals surface area contributed by atoms with Gasteiger partial charge in [-0.3, -0.25) is 9.11 Å². The first kappa shape index (κ1) is 22.5. The van der Waals surface area contributed by atoms with Gasteiger partial charge < -0.3 is 15.3 Å². The lowest BCUT2D eigenvalue weighted by Crippen LogP contribution is -2.47. The zero-order valence-corrected chi connectivity index (χ0v) is 19.9. The third kappa shape index (κ3) is 4.82. The summed E-state index contributed by atoms with van der Waals surface area (Å²) in [5, 5.41) is 17.1. The molecule has 8 nitrogen and oxygen atoms in total. The van der Waals surface area contributed by atoms with Crippen molar-refractivity contribution < 1.29 is 9.32 Å². The van der Waals surface area contributed by atoms with Crippen LogP contribution in [0, 0.1) is 0 Å². The first-order valence-electron chi connectivity index (χ1n) is 11.4. The highest BCUT2D eigenvalue weighted by Gasteiger charge is 2.17. The highest BCUT2D eigenvalue weighted by molar-refractivity contribution is 7.84. The lowest BCUT2D eigenvalue weighted by molar-refractivity contribution is 0.189. The Hall–Kier alpha value is -3.27. The SMILES string of the molecule is CS(=O)c1ccc(-c2cccn3nc(Nc4cccc(N5CCN(CCO)CC5)c4)nc23)cc1. The van der Waals surface area contributed by atoms with Crippen LogP contribution >= 0.6 is 0 Å². The summed E-state index contributed by atoms with van der Waals surface area (Å²) in [5.74, 6) is 0.531. The van der Waals surface area contributed by atoms with Crippen molar-refractivity contribution in [3.05, 3.63) is 66.9 Å². The van der Waals surface area contributed by atoms with Gasteiger partial charge in [0.05, 0.1) is 6.61 Å². The molecule has 5 rings (SSSR count). The van der Waals surface area contributed by atoms with E-state index in [0.717, 1.165) is 65.8 Å². The average molecular weight is 477 g/mol. The monoisotopic (exact) mass is 476 g/mol. The van der Waals surface area contributed by atoms with Gasteiger partial charge in [-0.05, 0) is 48.0 Å². The molecule has 0 bridgehead atoms. The molecular weight excluding hydrogens is 448 g/mol. The second-order valence-electron chi connectivity index (χ2n) is 8.33. The number of aliphatic hydroxyl groups is 1. The maximum atomic E-state index is 11.7. The summed E-state index contributed by atoms with van der Waals surface area (Å²) < 4.78 is 13.5. The van der Waals surface area contributed by atoms with E-state index in [-0.39, 0.29) is 6.61 Å². The van der Waals surface area contributed by atoms with Gasteiger partial charge in [-0.25, -0.2) is 4.52 Å². The van der Waals surface area contributed by atoms with Gasteiger partial charge in [0.15, 0.2) is 5.65 Å². The highest BCUT2D eigenvalue weighted by atomic mass is 32.2. The van der Waals surface area contributed by atoms with Gasteiger partial charge in [0.25, 0.3) is 0 Å². The van der Waals surface area contributed by atoms with Gasteiger partial charge >= 0.3 is 0 Å². The highest BCUT2D eigenvalue weighted by Crippen LogP contribution is 2.27. The summed E-state index contributed by atoms with van der Waals surface area (Å²) in [4.78, 5) is 10.2. The van der Waals surface area contributed by atoms with Crippen LogP contribution < -0.4 is 10.2 Å². The number of pyridine rings is 1. The molecule has 0 saturated carbocycles. The summed E-state index contributed by atoms with van der Waals surface area (Å²) in [5.41, 5.74) is 4.81. The smallest absolute Gasteiger partial charge is 0.247 e. The summed E-state index contributed by atoms with van der Waals surface area (Å²) >= 11 is 0. The molecule has 2 N–H and O–H groups in total. The number of fused-ring (bicyclic) bond motifs is 1. The Morgan fingerprint density at radius 1 is 1.03 bits per heavy atom. The summed E-state index contributed by atoms with van der Waals surface area (Å²) in [6.07, 6.45) is 3.56. The standard InChI is InChI=1S/C25H28N6O2S/c1-34(33)22-9-7-19(8-10-22)23-6-3-11-31-24(23)27-25(28-31)26-20-4-2-5-21(18-20)30-14-12-29(13-15-30)16-17-32/h2-11,18,32H,12-17H2,1H3,(H,26,28). The topological polar surface area (TPSA) is 86.0 Å². The van der Waals surface area contributed by atoms with Gasteiger partial charge in [-0.2, -0.15) is 4.98 Å². The fourth-order valence-electron chi connectivity index (χ4n) is 4.29. The van der Waals surface area contributed by atoms with E-state index in [4.69, 9.17) is 10.1 Å². The van der Waals surface area contributed by atoms with E-state index in [9.17, 15) is 4.21 Å². The minimum Gasteiger partial charge on any atom is -0.395 e. The molecule has 1 unspecified atom stereocenters. The Bertz CT molecular complexity index is 1300. The summed E-state index contributed by atoms with van der Waals surface area (Å²) in [6.45, 7) is 4.71. The molecule has 3 heterocycles. The van der Waals surface area contributed by atoms with E-state index in [1.54, 1.807) is 10.8 Å². The lowest BCUT2D eigenvalue weighted by atomic mass is 10.1. The van der Waals surface area contributed by atoms with Crippen LogP contribution in [-0.2, 0) is 10.8 Å². The third-order valence-corrected chi connectivity index (χ3v) is 7.05. The Labute approximate surface area is 201 Å². The van der Waals surface area contributed by atoms with E-state index in [0.29, 0.717) is 5.95 Å². The number of rotatable bonds is 7. The molecule has 1 saturated heterocycles. The number of nitrogens with one attached hydrogen (secondary N) is 1. The van der Waals surface area contributed by atoms with Crippen molar-refractivity contribution in [2.45, 2.75) is 4.90 Å². The van der Waals surface area contributed by atoms with Crippen LogP contribution in [0.15, 0.2) is 71.8 Å². The third-order valence-electron chi connectivity index (χ3n) is 6.12. The van der Waals surface area contributed by atoms with Crippen LogP contribution in [0.5, 0.6) is 0 Å². The molecule has 0 spiro atoms. The van der Waals surface area contributed by atoms with Crippen molar-refractivity contribution in [3.8, 4) is 11.1 Å². The van der Waals surface area contributed by atoms with Crippen molar-refractivity contribution in [1.82, 2.24) is 19.5 Å². The van der Waals surface area contributed by atoms with Crippen LogP contribution in [0.2, 0.25) is 0 Å². The molecule has 176 valence electrons. The number of aliphatic hydroxyl groups excluding tert-OH is 1. The van der Waals surface area contributed by atoms with Crippen molar-refractivity contribution in [2.75, 3.05) is 55.8 Å². The van der Waals surface area contributed by atoms with E-state index in [2.05, 4.69) is 32.3 Å². The van der Waals surface area contributed by atoms with E-state index < -0.39 is 10.8 Å². The molecule has 2 aromatic heterocycles. The number of hydrogen-bond acceptors (Lipinski definition) is 7. The quantitative estimate of drug-likeness (QED) is 0.424. The molecule has 1 aliphatic rings. The summed E-state index contributed by atoms with van der Waals surface area (Å²) in [6, 6.07) is 20.0. The largest absolute Gasteiger partial charge is 0.395 e. The predicted octanol–water partition coefficient (Wildman–Crippen LogP) is 2.99. The van der Waals surface area contributed by atoms with E-state index in [1.807, 2.05) is 54.7 Å². The van der Waals surface area contributed by atoms with Gasteiger partial charge in [-0.1, -0.05) is 18.2 Å². The molecule has 34 heavy (non-hydrogen) atoms. The molecule has 4 aromatic rings. The zero-order chi connectivity index (χ0) is 23.5. The fourth-order valence-corrected chi connectivity index (χ4v) is 4.81. The van der Waals surface area contributed by atoms with Crippen LogP contribution in [-0.4, -0.2) is 74.4 Å². The van der Waals surface area contributed by atoms with Gasteiger partial charge in [0, 0.05) is 77.8 Å². The van der Waals surface area contributed by atoms with Crippen LogP contribution in [0.1, 0.15) is 0 Å². The lowest BCUT2D eigenvalue weighted by Gasteiger charge is -2.35. The number of anilines is 3. The first-order valence-corrected chi connectivity index (χ1v) is 12.9. The normalized spacial score (nSPS) is 15.5. The van der Waals surface area contributed by atoms with Gasteiger partial charge in [-0.15, -0.1) is 5.10 Å². The fraction of sp³-hybridized carbons (Fsp3) is 0.280. The van der Waals surface area contributed by atoms with Crippen LogP contribution in [0.3, 0.4) is 0 Å². The van der Waals surface area contributed by atoms with E-state index >= 15 is 0 Å². The minimum atomic E-state index is -1.01. The summed E-state index contributed by atoms with van der Waals surface area (Å²) in [7, 11) is -1.01. The number of benzene rings is 2.